The van der Waals surface area contributed by atoms with Gasteiger partial charge in [-0.05, 0) is 13.3 Å². The van der Waals surface area contributed by atoms with E-state index in [9.17, 15) is 4.79 Å². The Kier molecular flexibility index (Phi) is 5.51. The number of hydrogen-bond acceptors (Lipinski definition) is 5. The van der Waals surface area contributed by atoms with Gasteiger partial charge in [-0.15, -0.1) is 0 Å². The van der Waals surface area contributed by atoms with Gasteiger partial charge in [0.2, 0.25) is 5.91 Å². The van der Waals surface area contributed by atoms with Crippen molar-refractivity contribution in [1.29, 1.82) is 0 Å². The lowest BCUT2D eigenvalue weighted by atomic mass is 10.2. The Morgan fingerprint density at radius 3 is 2.88 bits per heavy atom. The number of amides is 1. The first-order valence-corrected chi connectivity index (χ1v) is 5.43. The summed E-state index contributed by atoms with van der Waals surface area (Å²) in [4.78, 5) is 19.8. The zero-order chi connectivity index (χ0) is 12.7. The van der Waals surface area contributed by atoms with E-state index < -0.39 is 6.04 Å². The molecular formula is C11H18N4O2. The highest BCUT2D eigenvalue weighted by Gasteiger charge is 2.12. The Hall–Kier alpha value is -1.53. The molecule has 0 aliphatic heterocycles. The molecule has 0 fully saturated rings. The summed E-state index contributed by atoms with van der Waals surface area (Å²) in [5.74, 6) is -0.204. The van der Waals surface area contributed by atoms with Gasteiger partial charge in [-0.1, -0.05) is 0 Å². The SMILES string of the molecule is COCCC(N)C(=O)NCc1cnc(C)cn1. The molecule has 0 saturated heterocycles. The van der Waals surface area contributed by atoms with Crippen LogP contribution in [0.15, 0.2) is 12.4 Å². The van der Waals surface area contributed by atoms with Crippen molar-refractivity contribution in [2.75, 3.05) is 13.7 Å². The molecule has 1 amide bonds. The number of hydrogen-bond donors (Lipinski definition) is 2. The number of carbonyl (C=O) groups is 1. The van der Waals surface area contributed by atoms with Crippen molar-refractivity contribution in [3.05, 3.63) is 23.8 Å². The molecule has 0 bridgehead atoms. The average molecular weight is 238 g/mol. The number of aryl methyl sites for hydroxylation is 1. The van der Waals surface area contributed by atoms with E-state index >= 15 is 0 Å². The molecule has 0 spiro atoms. The van der Waals surface area contributed by atoms with Crippen molar-refractivity contribution in [2.24, 2.45) is 5.73 Å². The van der Waals surface area contributed by atoms with E-state index in [-0.39, 0.29) is 5.91 Å². The highest BCUT2D eigenvalue weighted by Crippen LogP contribution is 1.95. The van der Waals surface area contributed by atoms with Crippen LogP contribution in [0.25, 0.3) is 0 Å². The van der Waals surface area contributed by atoms with Crippen molar-refractivity contribution in [3.8, 4) is 0 Å². The second-order valence-corrected chi connectivity index (χ2v) is 3.75. The van der Waals surface area contributed by atoms with Gasteiger partial charge < -0.3 is 15.8 Å². The third-order valence-corrected chi connectivity index (χ3v) is 2.25. The molecule has 6 nitrogen and oxygen atoms in total. The van der Waals surface area contributed by atoms with Crippen LogP contribution in [0.4, 0.5) is 0 Å². The van der Waals surface area contributed by atoms with E-state index in [0.29, 0.717) is 25.3 Å². The summed E-state index contributed by atoms with van der Waals surface area (Å²) in [5.41, 5.74) is 7.22. The molecule has 3 N–H and O–H groups in total. The van der Waals surface area contributed by atoms with Crippen LogP contribution in [-0.4, -0.2) is 35.6 Å². The van der Waals surface area contributed by atoms with Crippen LogP contribution >= 0.6 is 0 Å². The molecule has 1 unspecified atom stereocenters. The molecule has 0 saturated carbocycles. The zero-order valence-electron chi connectivity index (χ0n) is 10.1. The first kappa shape index (κ1) is 13.5. The normalized spacial score (nSPS) is 12.2. The maximum Gasteiger partial charge on any atom is 0.237 e. The lowest BCUT2D eigenvalue weighted by molar-refractivity contribution is -0.122. The van der Waals surface area contributed by atoms with E-state index in [1.165, 1.54) is 0 Å². The van der Waals surface area contributed by atoms with Gasteiger partial charge in [-0.2, -0.15) is 0 Å². The Balaban J connectivity index is 2.34. The quantitative estimate of drug-likeness (QED) is 0.714. The van der Waals surface area contributed by atoms with E-state index in [4.69, 9.17) is 10.5 Å². The van der Waals surface area contributed by atoms with Gasteiger partial charge >= 0.3 is 0 Å². The first-order valence-electron chi connectivity index (χ1n) is 5.43. The number of nitrogens with one attached hydrogen (secondary N) is 1. The van der Waals surface area contributed by atoms with Crippen molar-refractivity contribution in [2.45, 2.75) is 25.9 Å². The molecule has 1 aromatic heterocycles. The minimum atomic E-state index is -0.548. The third-order valence-electron chi connectivity index (χ3n) is 2.25. The van der Waals surface area contributed by atoms with Gasteiger partial charge in [-0.3, -0.25) is 14.8 Å². The summed E-state index contributed by atoms with van der Waals surface area (Å²) in [6.07, 6.45) is 3.80. The van der Waals surface area contributed by atoms with E-state index in [2.05, 4.69) is 15.3 Å². The Bertz CT molecular complexity index is 353. The largest absolute Gasteiger partial charge is 0.385 e. The number of aromatic nitrogens is 2. The molecule has 94 valence electrons. The molecule has 0 radical (unpaired) electrons. The zero-order valence-corrected chi connectivity index (χ0v) is 10.1. The summed E-state index contributed by atoms with van der Waals surface area (Å²) in [6.45, 7) is 2.67. The highest BCUT2D eigenvalue weighted by atomic mass is 16.5. The van der Waals surface area contributed by atoms with Crippen LogP contribution in [0.1, 0.15) is 17.8 Å². The maximum atomic E-state index is 11.5. The van der Waals surface area contributed by atoms with Crippen LogP contribution in [-0.2, 0) is 16.1 Å². The Morgan fingerprint density at radius 1 is 1.53 bits per heavy atom. The molecule has 1 aromatic rings. The number of nitrogens with two attached hydrogens (primary N) is 1. The molecule has 1 heterocycles. The summed E-state index contributed by atoms with van der Waals surface area (Å²) in [7, 11) is 1.58. The fourth-order valence-corrected chi connectivity index (χ4v) is 1.20. The van der Waals surface area contributed by atoms with E-state index in [0.717, 1.165) is 5.69 Å². The highest BCUT2D eigenvalue weighted by molar-refractivity contribution is 5.81. The molecule has 0 aliphatic rings. The van der Waals surface area contributed by atoms with Crippen LogP contribution in [0.2, 0.25) is 0 Å². The topological polar surface area (TPSA) is 90.1 Å². The lowest BCUT2D eigenvalue weighted by Gasteiger charge is -2.11. The van der Waals surface area contributed by atoms with Gasteiger partial charge in [0, 0.05) is 19.9 Å². The monoisotopic (exact) mass is 238 g/mol. The van der Waals surface area contributed by atoms with Crippen molar-refractivity contribution < 1.29 is 9.53 Å². The number of nitrogens with zero attached hydrogens (tertiary/aromatic N) is 2. The van der Waals surface area contributed by atoms with Crippen molar-refractivity contribution >= 4 is 5.91 Å². The fourth-order valence-electron chi connectivity index (χ4n) is 1.20. The Morgan fingerprint density at radius 2 is 2.29 bits per heavy atom. The van der Waals surface area contributed by atoms with Crippen LogP contribution in [0.3, 0.4) is 0 Å². The average Bonchev–Trinajstić information content (AvgIpc) is 2.34. The minimum Gasteiger partial charge on any atom is -0.385 e. The summed E-state index contributed by atoms with van der Waals surface area (Å²) in [6, 6.07) is -0.548. The van der Waals surface area contributed by atoms with E-state index in [1.54, 1.807) is 19.5 Å². The molecule has 1 rings (SSSR count). The first-order chi connectivity index (χ1) is 8.13. The lowest BCUT2D eigenvalue weighted by Crippen LogP contribution is -2.41. The summed E-state index contributed by atoms with van der Waals surface area (Å²) < 4.78 is 4.86. The smallest absolute Gasteiger partial charge is 0.237 e. The van der Waals surface area contributed by atoms with Gasteiger partial charge in [0.1, 0.15) is 0 Å². The molecule has 6 heteroatoms. The van der Waals surface area contributed by atoms with Crippen LogP contribution in [0.5, 0.6) is 0 Å². The number of rotatable bonds is 6. The minimum absolute atomic E-state index is 0.204. The van der Waals surface area contributed by atoms with Crippen LogP contribution < -0.4 is 11.1 Å². The predicted molar refractivity (Wildman–Crippen MR) is 63.1 cm³/mol. The molecule has 1 atom stereocenters. The molecule has 17 heavy (non-hydrogen) atoms. The number of methoxy groups -OCH3 is 1. The third kappa shape index (κ3) is 4.88. The van der Waals surface area contributed by atoms with Crippen molar-refractivity contribution in [1.82, 2.24) is 15.3 Å². The maximum absolute atomic E-state index is 11.5. The second-order valence-electron chi connectivity index (χ2n) is 3.75. The van der Waals surface area contributed by atoms with Gasteiger partial charge in [0.15, 0.2) is 0 Å². The fraction of sp³-hybridized carbons (Fsp3) is 0.545. The van der Waals surface area contributed by atoms with Gasteiger partial charge in [-0.25, -0.2) is 0 Å². The molecular weight excluding hydrogens is 220 g/mol. The van der Waals surface area contributed by atoms with E-state index in [1.807, 2.05) is 6.92 Å². The second kappa shape index (κ2) is 6.93. The Labute approximate surface area is 101 Å². The van der Waals surface area contributed by atoms with Crippen LogP contribution in [0, 0.1) is 6.92 Å². The molecule has 0 aliphatic carbocycles. The molecule has 0 aromatic carbocycles. The summed E-state index contributed by atoms with van der Waals surface area (Å²) >= 11 is 0. The standard InChI is InChI=1S/C11H18N4O2/c1-8-5-14-9(6-13-8)7-15-11(16)10(12)3-4-17-2/h5-6,10H,3-4,7,12H2,1-2H3,(H,15,16). The van der Waals surface area contributed by atoms with Gasteiger partial charge in [0.25, 0.3) is 0 Å². The summed E-state index contributed by atoms with van der Waals surface area (Å²) in [5, 5.41) is 2.71. The number of carbonyl (C=O) groups excluding carboxylic acids is 1. The van der Waals surface area contributed by atoms with Gasteiger partial charge in [0.05, 0.1) is 30.2 Å². The van der Waals surface area contributed by atoms with Crippen molar-refractivity contribution in [3.63, 3.8) is 0 Å². The predicted octanol–water partition coefficient (Wildman–Crippen LogP) is -0.235. The number of ether oxygens (including phenoxy) is 1.